The third kappa shape index (κ3) is 4.82. The highest BCUT2D eigenvalue weighted by atomic mass is 16.3. The molecule has 178 valence electrons. The van der Waals surface area contributed by atoms with Gasteiger partial charge in [-0.3, -0.25) is 4.99 Å². The SMILES string of the molecule is CC1CCCCC1N=Cc1cc(C(C)(C)c2ccccc2)cc(C(C)(C)c2ccccc2)c1O. The standard InChI is InChI=1S/C32H39NO/c1-23-14-12-13-19-29(23)33-22-24-20-27(31(2,3)25-15-8-6-9-16-25)21-28(30(24)34)32(4,5)26-17-10-7-11-18-26/h6-11,15-18,20-23,29,34H,12-14,19H2,1-5H3. The third-order valence-electron chi connectivity index (χ3n) is 8.00. The Morgan fingerprint density at radius 1 is 0.765 bits per heavy atom. The van der Waals surface area contributed by atoms with Crippen LogP contribution >= 0.6 is 0 Å². The summed E-state index contributed by atoms with van der Waals surface area (Å²) in [6.45, 7) is 11.2. The summed E-state index contributed by atoms with van der Waals surface area (Å²) in [7, 11) is 0. The van der Waals surface area contributed by atoms with Gasteiger partial charge in [0.15, 0.2) is 0 Å². The maximum absolute atomic E-state index is 11.6. The number of aliphatic imine (C=N–C) groups is 1. The van der Waals surface area contributed by atoms with Crippen LogP contribution in [0.5, 0.6) is 5.75 Å². The van der Waals surface area contributed by atoms with Crippen molar-refractivity contribution in [1.82, 2.24) is 0 Å². The van der Waals surface area contributed by atoms with Gasteiger partial charge in [-0.2, -0.15) is 0 Å². The average molecular weight is 454 g/mol. The lowest BCUT2D eigenvalue weighted by Crippen LogP contribution is -2.24. The Bertz CT molecular complexity index is 1130. The number of nitrogens with zero attached hydrogens (tertiary/aromatic N) is 1. The molecule has 2 unspecified atom stereocenters. The second-order valence-electron chi connectivity index (χ2n) is 11.1. The van der Waals surface area contributed by atoms with Crippen molar-refractivity contribution in [3.63, 3.8) is 0 Å². The number of phenolic OH excluding ortho intramolecular Hbond substituents is 1. The molecule has 0 amide bonds. The van der Waals surface area contributed by atoms with E-state index in [1.54, 1.807) is 0 Å². The van der Waals surface area contributed by atoms with Crippen LogP contribution in [0.2, 0.25) is 0 Å². The zero-order valence-electron chi connectivity index (χ0n) is 21.4. The molecule has 1 N–H and O–H groups in total. The Morgan fingerprint density at radius 2 is 1.32 bits per heavy atom. The van der Waals surface area contributed by atoms with Gasteiger partial charge in [-0.05, 0) is 41.5 Å². The van der Waals surface area contributed by atoms with Crippen LogP contribution in [0.4, 0.5) is 0 Å². The minimum absolute atomic E-state index is 0.211. The van der Waals surface area contributed by atoms with E-state index in [9.17, 15) is 5.11 Å². The molecule has 3 aromatic rings. The van der Waals surface area contributed by atoms with E-state index in [0.717, 1.165) is 17.5 Å². The summed E-state index contributed by atoms with van der Waals surface area (Å²) < 4.78 is 0. The van der Waals surface area contributed by atoms with E-state index in [2.05, 4.69) is 101 Å². The molecule has 2 atom stereocenters. The van der Waals surface area contributed by atoms with E-state index in [1.807, 2.05) is 12.3 Å². The quantitative estimate of drug-likeness (QED) is 0.376. The van der Waals surface area contributed by atoms with Gasteiger partial charge in [0.2, 0.25) is 0 Å². The zero-order chi connectivity index (χ0) is 24.3. The van der Waals surface area contributed by atoms with Crippen LogP contribution in [0.3, 0.4) is 0 Å². The molecule has 0 spiro atoms. The topological polar surface area (TPSA) is 32.6 Å². The number of rotatable bonds is 6. The lowest BCUT2D eigenvalue weighted by molar-refractivity contribution is 0.333. The van der Waals surface area contributed by atoms with Crippen LogP contribution in [0.1, 0.15) is 88.1 Å². The summed E-state index contributed by atoms with van der Waals surface area (Å²) in [6.07, 6.45) is 6.86. The number of aromatic hydroxyl groups is 1. The van der Waals surface area contributed by atoms with Crippen LogP contribution in [0, 0.1) is 5.92 Å². The highest BCUT2D eigenvalue weighted by Crippen LogP contribution is 2.42. The molecule has 1 fully saturated rings. The maximum atomic E-state index is 11.6. The van der Waals surface area contributed by atoms with Crippen molar-refractivity contribution in [1.29, 1.82) is 0 Å². The Morgan fingerprint density at radius 3 is 1.91 bits per heavy atom. The molecule has 3 aromatic carbocycles. The molecule has 0 bridgehead atoms. The Hall–Kier alpha value is -2.87. The van der Waals surface area contributed by atoms with Crippen molar-refractivity contribution < 1.29 is 5.11 Å². The van der Waals surface area contributed by atoms with Crippen LogP contribution in [-0.4, -0.2) is 17.4 Å². The van der Waals surface area contributed by atoms with Crippen LogP contribution in [0.15, 0.2) is 77.8 Å². The first-order valence-corrected chi connectivity index (χ1v) is 12.7. The van der Waals surface area contributed by atoms with E-state index < -0.39 is 0 Å². The van der Waals surface area contributed by atoms with E-state index in [0.29, 0.717) is 17.7 Å². The molecule has 1 saturated carbocycles. The van der Waals surface area contributed by atoms with Crippen LogP contribution in [0.25, 0.3) is 0 Å². The van der Waals surface area contributed by atoms with Gasteiger partial charge < -0.3 is 5.11 Å². The molecular weight excluding hydrogens is 414 g/mol. The van der Waals surface area contributed by atoms with E-state index in [1.165, 1.54) is 36.0 Å². The number of hydrogen-bond acceptors (Lipinski definition) is 2. The van der Waals surface area contributed by atoms with E-state index in [-0.39, 0.29) is 10.8 Å². The first kappa shape index (κ1) is 24.3. The normalized spacial score (nSPS) is 19.4. The third-order valence-corrected chi connectivity index (χ3v) is 8.00. The van der Waals surface area contributed by atoms with Crippen molar-refractivity contribution in [3.8, 4) is 5.75 Å². The van der Waals surface area contributed by atoms with E-state index >= 15 is 0 Å². The van der Waals surface area contributed by atoms with Gasteiger partial charge in [-0.15, -0.1) is 0 Å². The molecule has 0 heterocycles. The molecule has 0 radical (unpaired) electrons. The van der Waals surface area contributed by atoms with E-state index in [4.69, 9.17) is 4.99 Å². The molecule has 1 aliphatic carbocycles. The summed E-state index contributed by atoms with van der Waals surface area (Å²) >= 11 is 0. The minimum Gasteiger partial charge on any atom is -0.507 e. The Balaban J connectivity index is 1.85. The summed E-state index contributed by atoms with van der Waals surface area (Å²) in [5.41, 5.74) is 4.83. The first-order valence-electron chi connectivity index (χ1n) is 12.7. The van der Waals surface area contributed by atoms with Gasteiger partial charge in [-0.25, -0.2) is 0 Å². The number of phenols is 1. The smallest absolute Gasteiger partial charge is 0.128 e. The molecule has 0 aliphatic heterocycles. The summed E-state index contributed by atoms with van der Waals surface area (Å²) in [6, 6.07) is 25.8. The molecule has 2 nitrogen and oxygen atoms in total. The molecule has 0 aromatic heterocycles. The van der Waals surface area contributed by atoms with Crippen molar-refractivity contribution in [2.75, 3.05) is 0 Å². The van der Waals surface area contributed by atoms with Crippen molar-refractivity contribution >= 4 is 6.21 Å². The predicted molar refractivity (Wildman–Crippen MR) is 144 cm³/mol. The second kappa shape index (κ2) is 9.78. The Kier molecular flexibility index (Phi) is 6.98. The largest absolute Gasteiger partial charge is 0.507 e. The lowest BCUT2D eigenvalue weighted by atomic mass is 9.72. The fourth-order valence-electron chi connectivity index (χ4n) is 5.32. The van der Waals surface area contributed by atoms with Crippen molar-refractivity contribution in [2.45, 2.75) is 77.2 Å². The fraction of sp³-hybridized carbons (Fsp3) is 0.406. The highest BCUT2D eigenvalue weighted by molar-refractivity contribution is 5.85. The zero-order valence-corrected chi connectivity index (χ0v) is 21.4. The van der Waals surface area contributed by atoms with Gasteiger partial charge in [0.1, 0.15) is 5.75 Å². The van der Waals surface area contributed by atoms with Gasteiger partial charge in [-0.1, -0.05) is 114 Å². The first-order chi connectivity index (χ1) is 16.2. The van der Waals surface area contributed by atoms with Gasteiger partial charge in [0, 0.05) is 28.2 Å². The van der Waals surface area contributed by atoms with Gasteiger partial charge in [0.05, 0.1) is 6.04 Å². The second-order valence-corrected chi connectivity index (χ2v) is 11.1. The molecule has 1 aliphatic rings. The molecule has 4 rings (SSSR count). The monoisotopic (exact) mass is 453 g/mol. The molecule has 2 heteroatoms. The lowest BCUT2D eigenvalue weighted by Gasteiger charge is -2.32. The van der Waals surface area contributed by atoms with Crippen LogP contribution in [-0.2, 0) is 10.8 Å². The molecule has 34 heavy (non-hydrogen) atoms. The summed E-state index contributed by atoms with van der Waals surface area (Å²) in [5, 5.41) is 11.6. The summed E-state index contributed by atoms with van der Waals surface area (Å²) in [4.78, 5) is 5.00. The average Bonchev–Trinajstić information content (AvgIpc) is 2.85. The number of hydrogen-bond donors (Lipinski definition) is 1. The van der Waals surface area contributed by atoms with Crippen LogP contribution < -0.4 is 0 Å². The van der Waals surface area contributed by atoms with Gasteiger partial charge in [0.25, 0.3) is 0 Å². The molecule has 0 saturated heterocycles. The van der Waals surface area contributed by atoms with Gasteiger partial charge >= 0.3 is 0 Å². The fourth-order valence-corrected chi connectivity index (χ4v) is 5.32. The van der Waals surface area contributed by atoms with Crippen molar-refractivity contribution in [2.24, 2.45) is 10.9 Å². The molecular formula is C32H39NO. The highest BCUT2D eigenvalue weighted by Gasteiger charge is 2.31. The Labute approximate surface area is 205 Å². The predicted octanol–water partition coefficient (Wildman–Crippen LogP) is 8.04. The maximum Gasteiger partial charge on any atom is 0.128 e. The number of benzene rings is 3. The van der Waals surface area contributed by atoms with Crippen molar-refractivity contribution in [3.05, 3.63) is 101 Å². The minimum atomic E-state index is -0.352. The summed E-state index contributed by atoms with van der Waals surface area (Å²) in [5.74, 6) is 0.935.